The lowest BCUT2D eigenvalue weighted by Crippen LogP contribution is -2.50. The molecule has 1 aliphatic rings. The molecule has 0 radical (unpaired) electrons. The van der Waals surface area contributed by atoms with Crippen molar-refractivity contribution in [2.24, 2.45) is 0 Å². The topological polar surface area (TPSA) is 43.9 Å². The fourth-order valence-corrected chi connectivity index (χ4v) is 2.81. The van der Waals surface area contributed by atoms with Gasteiger partial charge in [-0.2, -0.15) is 0 Å². The number of likely N-dealkylation sites (N-methyl/N-ethyl adjacent to an activating group) is 1. The quantitative estimate of drug-likeness (QED) is 0.851. The van der Waals surface area contributed by atoms with Crippen LogP contribution < -0.4 is 4.90 Å². The van der Waals surface area contributed by atoms with Crippen LogP contribution in [0.1, 0.15) is 12.5 Å². The molecule has 1 saturated heterocycles. The number of nitrogens with zero attached hydrogens (tertiary/aromatic N) is 3. The summed E-state index contributed by atoms with van der Waals surface area (Å²) in [7, 11) is 2.04. The van der Waals surface area contributed by atoms with Crippen LogP contribution in [0.15, 0.2) is 18.2 Å². The van der Waals surface area contributed by atoms with Crippen molar-refractivity contribution in [2.75, 3.05) is 44.7 Å². The zero-order chi connectivity index (χ0) is 16.3. The lowest BCUT2D eigenvalue weighted by atomic mass is 10.1. The van der Waals surface area contributed by atoms with Crippen LogP contribution in [0.5, 0.6) is 0 Å². The molecule has 0 spiro atoms. The van der Waals surface area contributed by atoms with Gasteiger partial charge in [0.05, 0.1) is 0 Å². The first-order chi connectivity index (χ1) is 10.4. The second kappa shape index (κ2) is 7.11. The molecule has 1 aromatic rings. The summed E-state index contributed by atoms with van der Waals surface area (Å²) in [6, 6.07) is 5.32. The molecule has 0 aromatic heterocycles. The maximum Gasteiger partial charge on any atom is 0.242 e. The Morgan fingerprint density at radius 1 is 1.23 bits per heavy atom. The molecule has 1 fully saturated rings. The van der Waals surface area contributed by atoms with Gasteiger partial charge in [-0.15, -0.1) is 0 Å². The zero-order valence-electron chi connectivity index (χ0n) is 13.3. The maximum absolute atomic E-state index is 12.5. The molecule has 0 unspecified atom stereocenters. The van der Waals surface area contributed by atoms with E-state index in [4.69, 9.17) is 11.6 Å². The van der Waals surface area contributed by atoms with Crippen molar-refractivity contribution in [3.05, 3.63) is 28.8 Å². The lowest BCUT2D eigenvalue weighted by molar-refractivity contribution is -0.132. The second-order valence-electron chi connectivity index (χ2n) is 5.72. The third-order valence-electron chi connectivity index (χ3n) is 3.98. The van der Waals surface area contributed by atoms with E-state index in [1.807, 2.05) is 18.9 Å². The summed E-state index contributed by atoms with van der Waals surface area (Å²) < 4.78 is 0. The highest BCUT2D eigenvalue weighted by atomic mass is 35.5. The van der Waals surface area contributed by atoms with Crippen LogP contribution in [0.3, 0.4) is 0 Å². The molecule has 0 N–H and O–H groups in total. The van der Waals surface area contributed by atoms with Crippen molar-refractivity contribution in [1.82, 2.24) is 9.80 Å². The van der Waals surface area contributed by atoms with Crippen molar-refractivity contribution in [1.29, 1.82) is 0 Å². The Morgan fingerprint density at radius 3 is 2.41 bits per heavy atom. The molecule has 0 atom stereocenters. The average Bonchev–Trinajstić information content (AvgIpc) is 2.45. The molecule has 0 saturated carbocycles. The van der Waals surface area contributed by atoms with Gasteiger partial charge in [-0.05, 0) is 37.7 Å². The molecule has 2 amide bonds. The summed E-state index contributed by atoms with van der Waals surface area (Å²) >= 11 is 5.96. The van der Waals surface area contributed by atoms with E-state index in [-0.39, 0.29) is 18.4 Å². The smallest absolute Gasteiger partial charge is 0.242 e. The highest BCUT2D eigenvalue weighted by Gasteiger charge is 2.23. The van der Waals surface area contributed by atoms with Crippen molar-refractivity contribution in [3.8, 4) is 0 Å². The summed E-state index contributed by atoms with van der Waals surface area (Å²) in [6.45, 7) is 6.59. The molecule has 22 heavy (non-hydrogen) atoms. The SMILES string of the molecule is CC(=O)N(CC(=O)N1CCN(C)CC1)c1ccc(Cl)cc1C. The first kappa shape index (κ1) is 16.8. The van der Waals surface area contributed by atoms with Gasteiger partial charge in [0, 0.05) is 43.8 Å². The molecule has 6 heteroatoms. The third kappa shape index (κ3) is 3.99. The zero-order valence-corrected chi connectivity index (χ0v) is 14.1. The Morgan fingerprint density at radius 2 is 1.86 bits per heavy atom. The number of halogens is 1. The first-order valence-electron chi connectivity index (χ1n) is 7.39. The largest absolute Gasteiger partial charge is 0.339 e. The highest BCUT2D eigenvalue weighted by molar-refractivity contribution is 6.30. The minimum atomic E-state index is -0.145. The molecular formula is C16H22ClN3O2. The summed E-state index contributed by atoms with van der Waals surface area (Å²) in [5.41, 5.74) is 1.62. The monoisotopic (exact) mass is 323 g/mol. The minimum Gasteiger partial charge on any atom is -0.339 e. The normalized spacial score (nSPS) is 15.7. The van der Waals surface area contributed by atoms with Gasteiger partial charge >= 0.3 is 0 Å². The van der Waals surface area contributed by atoms with Crippen LogP contribution in [-0.2, 0) is 9.59 Å². The van der Waals surface area contributed by atoms with E-state index in [0.717, 1.165) is 24.3 Å². The van der Waals surface area contributed by atoms with Crippen LogP contribution in [0.2, 0.25) is 5.02 Å². The molecule has 1 aliphatic heterocycles. The van der Waals surface area contributed by atoms with Crippen molar-refractivity contribution >= 4 is 29.1 Å². The Labute approximate surface area is 136 Å². The molecule has 5 nitrogen and oxygen atoms in total. The fraction of sp³-hybridized carbons (Fsp3) is 0.500. The van der Waals surface area contributed by atoms with Crippen molar-refractivity contribution in [2.45, 2.75) is 13.8 Å². The van der Waals surface area contributed by atoms with Crippen molar-refractivity contribution < 1.29 is 9.59 Å². The van der Waals surface area contributed by atoms with E-state index in [1.165, 1.54) is 11.8 Å². The number of piperazine rings is 1. The number of benzene rings is 1. The van der Waals surface area contributed by atoms with Crippen LogP contribution in [0, 0.1) is 6.92 Å². The van der Waals surface area contributed by atoms with Gasteiger partial charge < -0.3 is 14.7 Å². The molecule has 0 aliphatic carbocycles. The Bertz CT molecular complexity index is 569. The number of hydrogen-bond donors (Lipinski definition) is 0. The first-order valence-corrected chi connectivity index (χ1v) is 7.77. The standard InChI is InChI=1S/C16H22ClN3O2/c1-12-10-14(17)4-5-15(12)20(13(2)21)11-16(22)19-8-6-18(3)7-9-19/h4-5,10H,6-9,11H2,1-3H3. The number of anilines is 1. The number of hydrogen-bond acceptors (Lipinski definition) is 3. The van der Waals surface area contributed by atoms with E-state index >= 15 is 0 Å². The average molecular weight is 324 g/mol. The highest BCUT2D eigenvalue weighted by Crippen LogP contribution is 2.24. The van der Waals surface area contributed by atoms with E-state index in [2.05, 4.69) is 4.90 Å². The molecule has 2 rings (SSSR count). The Kier molecular flexibility index (Phi) is 5.42. The predicted molar refractivity (Wildman–Crippen MR) is 88.3 cm³/mol. The van der Waals surface area contributed by atoms with Gasteiger partial charge in [0.25, 0.3) is 0 Å². The maximum atomic E-state index is 12.5. The van der Waals surface area contributed by atoms with Gasteiger partial charge in [-0.1, -0.05) is 11.6 Å². The van der Waals surface area contributed by atoms with Crippen LogP contribution in [-0.4, -0.2) is 61.4 Å². The Balaban J connectivity index is 2.12. The Hall–Kier alpha value is -1.59. The number of rotatable bonds is 3. The summed E-state index contributed by atoms with van der Waals surface area (Å²) in [4.78, 5) is 30.0. The third-order valence-corrected chi connectivity index (χ3v) is 4.21. The second-order valence-corrected chi connectivity index (χ2v) is 6.16. The van der Waals surface area contributed by atoms with Crippen LogP contribution in [0.4, 0.5) is 5.69 Å². The molecular weight excluding hydrogens is 302 g/mol. The molecule has 120 valence electrons. The molecule has 0 bridgehead atoms. The fourth-order valence-electron chi connectivity index (χ4n) is 2.58. The van der Waals surface area contributed by atoms with Gasteiger partial charge in [-0.25, -0.2) is 0 Å². The molecule has 1 heterocycles. The summed E-state index contributed by atoms with van der Waals surface area (Å²) in [6.07, 6.45) is 0. The summed E-state index contributed by atoms with van der Waals surface area (Å²) in [5.74, 6) is -0.162. The number of amides is 2. The van der Waals surface area contributed by atoms with Gasteiger partial charge in [-0.3, -0.25) is 9.59 Å². The minimum absolute atomic E-state index is 0.0161. The lowest BCUT2D eigenvalue weighted by Gasteiger charge is -2.34. The van der Waals surface area contributed by atoms with Gasteiger partial charge in [0.2, 0.25) is 11.8 Å². The van der Waals surface area contributed by atoms with Gasteiger partial charge in [0.15, 0.2) is 0 Å². The van der Waals surface area contributed by atoms with Gasteiger partial charge in [0.1, 0.15) is 6.54 Å². The number of carbonyl (C=O) groups is 2. The van der Waals surface area contributed by atoms with E-state index in [9.17, 15) is 9.59 Å². The summed E-state index contributed by atoms with van der Waals surface area (Å²) in [5, 5.41) is 0.621. The number of aryl methyl sites for hydroxylation is 1. The van der Waals surface area contributed by atoms with Crippen LogP contribution in [0.25, 0.3) is 0 Å². The van der Waals surface area contributed by atoms with Crippen molar-refractivity contribution in [3.63, 3.8) is 0 Å². The van der Waals surface area contributed by atoms with E-state index in [0.29, 0.717) is 18.1 Å². The predicted octanol–water partition coefficient (Wildman–Crippen LogP) is 1.78. The molecule has 1 aromatic carbocycles. The van der Waals surface area contributed by atoms with Crippen LogP contribution >= 0.6 is 11.6 Å². The van der Waals surface area contributed by atoms with E-state index < -0.39 is 0 Å². The van der Waals surface area contributed by atoms with E-state index in [1.54, 1.807) is 18.2 Å². The number of carbonyl (C=O) groups excluding carboxylic acids is 2.